The van der Waals surface area contributed by atoms with Crippen molar-refractivity contribution in [3.05, 3.63) is 62.8 Å². The highest BCUT2D eigenvalue weighted by atomic mass is 79.9. The first kappa shape index (κ1) is 13.9. The third-order valence-electron chi connectivity index (χ3n) is 2.59. The second-order valence-corrected chi connectivity index (χ2v) is 5.18. The summed E-state index contributed by atoms with van der Waals surface area (Å²) < 4.78 is 13.7. The molecule has 19 heavy (non-hydrogen) atoms. The van der Waals surface area contributed by atoms with Crippen molar-refractivity contribution >= 4 is 33.2 Å². The van der Waals surface area contributed by atoms with Gasteiger partial charge in [-0.2, -0.15) is 5.26 Å². The molecule has 2 aromatic rings. The lowest BCUT2D eigenvalue weighted by atomic mass is 10.1. The first-order chi connectivity index (χ1) is 9.10. The summed E-state index contributed by atoms with van der Waals surface area (Å²) in [5.41, 5.74) is 2.07. The Hall–Kier alpha value is -1.57. The summed E-state index contributed by atoms with van der Waals surface area (Å²) in [5, 5.41) is 12.7. The Morgan fingerprint density at radius 2 is 2.05 bits per heavy atom. The maximum absolute atomic E-state index is 13.0. The normalized spacial score (nSPS) is 10.0. The Labute approximate surface area is 123 Å². The molecule has 1 N–H and O–H groups in total. The molecule has 0 bridgehead atoms. The zero-order valence-electron chi connectivity index (χ0n) is 9.75. The molecule has 96 valence electrons. The van der Waals surface area contributed by atoms with E-state index in [0.29, 0.717) is 27.3 Å². The predicted octanol–water partition coefficient (Wildman–Crippen LogP) is 4.73. The molecule has 0 heterocycles. The highest BCUT2D eigenvalue weighted by Crippen LogP contribution is 2.23. The van der Waals surface area contributed by atoms with E-state index in [1.54, 1.807) is 24.3 Å². The first-order valence-electron chi connectivity index (χ1n) is 5.47. The fraction of sp³-hybridized carbons (Fsp3) is 0.0714. The van der Waals surface area contributed by atoms with Crippen molar-refractivity contribution in [2.45, 2.75) is 6.54 Å². The zero-order chi connectivity index (χ0) is 13.8. The van der Waals surface area contributed by atoms with Crippen molar-refractivity contribution in [2.75, 3.05) is 5.32 Å². The quantitative estimate of drug-likeness (QED) is 0.878. The molecule has 0 saturated carbocycles. The minimum absolute atomic E-state index is 0.295. The molecule has 5 heteroatoms. The number of nitrogens with one attached hydrogen (secondary N) is 1. The molecule has 2 aromatic carbocycles. The van der Waals surface area contributed by atoms with Gasteiger partial charge < -0.3 is 5.32 Å². The molecule has 0 spiro atoms. The van der Waals surface area contributed by atoms with E-state index in [9.17, 15) is 4.39 Å². The number of anilines is 1. The summed E-state index contributed by atoms with van der Waals surface area (Å²) >= 11 is 9.20. The van der Waals surface area contributed by atoms with Crippen LogP contribution in [0.5, 0.6) is 0 Å². The molecule has 0 amide bonds. The molecule has 0 radical (unpaired) electrons. The van der Waals surface area contributed by atoms with E-state index in [2.05, 4.69) is 27.3 Å². The van der Waals surface area contributed by atoms with E-state index >= 15 is 0 Å². The summed E-state index contributed by atoms with van der Waals surface area (Å²) in [6.45, 7) is 0.468. The van der Waals surface area contributed by atoms with E-state index in [0.717, 1.165) is 5.56 Å². The monoisotopic (exact) mass is 338 g/mol. The van der Waals surface area contributed by atoms with Crippen LogP contribution in [0.25, 0.3) is 0 Å². The predicted molar refractivity (Wildman–Crippen MR) is 77.6 cm³/mol. The van der Waals surface area contributed by atoms with Gasteiger partial charge in [0.15, 0.2) is 0 Å². The topological polar surface area (TPSA) is 35.8 Å². The smallest absolute Gasteiger partial charge is 0.124 e. The van der Waals surface area contributed by atoms with Crippen LogP contribution in [-0.4, -0.2) is 0 Å². The number of nitrogens with zero attached hydrogens (tertiary/aromatic N) is 1. The standard InChI is InChI=1S/C14H9BrClFN2/c15-13-6-12(17)4-2-10(13)8-19-14-5-11(16)3-1-9(14)7-18/h1-6,19H,8H2. The summed E-state index contributed by atoms with van der Waals surface area (Å²) in [4.78, 5) is 0. The molecule has 0 atom stereocenters. The number of rotatable bonds is 3. The van der Waals surface area contributed by atoms with E-state index in [-0.39, 0.29) is 5.82 Å². The molecule has 0 fully saturated rings. The average Bonchev–Trinajstić information content (AvgIpc) is 2.38. The largest absolute Gasteiger partial charge is 0.380 e. The van der Waals surface area contributed by atoms with Gasteiger partial charge in [-0.15, -0.1) is 0 Å². The van der Waals surface area contributed by atoms with Crippen LogP contribution in [0.3, 0.4) is 0 Å². The van der Waals surface area contributed by atoms with Crippen LogP contribution in [0, 0.1) is 17.1 Å². The van der Waals surface area contributed by atoms with E-state index in [1.807, 2.05) is 0 Å². The Morgan fingerprint density at radius 3 is 2.74 bits per heavy atom. The lowest BCUT2D eigenvalue weighted by Gasteiger charge is -2.10. The number of nitriles is 1. The van der Waals surface area contributed by atoms with Gasteiger partial charge in [-0.05, 0) is 35.9 Å². The number of hydrogen-bond acceptors (Lipinski definition) is 2. The second kappa shape index (κ2) is 6.05. The minimum atomic E-state index is -0.295. The Balaban J connectivity index is 2.19. The highest BCUT2D eigenvalue weighted by molar-refractivity contribution is 9.10. The molecule has 0 aliphatic rings. The molecule has 2 nitrogen and oxygen atoms in total. The van der Waals surface area contributed by atoms with E-state index < -0.39 is 0 Å². The Kier molecular flexibility index (Phi) is 4.41. The van der Waals surface area contributed by atoms with Crippen molar-refractivity contribution in [1.29, 1.82) is 5.26 Å². The molecular formula is C14H9BrClFN2. The lowest BCUT2D eigenvalue weighted by Crippen LogP contribution is -2.02. The van der Waals surface area contributed by atoms with Gasteiger partial charge in [0.1, 0.15) is 11.9 Å². The average molecular weight is 340 g/mol. The Morgan fingerprint density at radius 1 is 1.26 bits per heavy atom. The Bertz CT molecular complexity index is 652. The molecular weight excluding hydrogens is 331 g/mol. The first-order valence-corrected chi connectivity index (χ1v) is 6.64. The summed E-state index contributed by atoms with van der Waals surface area (Å²) in [6.07, 6.45) is 0. The van der Waals surface area contributed by atoms with Crippen LogP contribution in [0.1, 0.15) is 11.1 Å². The zero-order valence-corrected chi connectivity index (χ0v) is 12.1. The van der Waals surface area contributed by atoms with Gasteiger partial charge in [0, 0.05) is 16.0 Å². The number of benzene rings is 2. The van der Waals surface area contributed by atoms with Crippen molar-refractivity contribution in [1.82, 2.24) is 0 Å². The van der Waals surface area contributed by atoms with Gasteiger partial charge in [0.05, 0.1) is 11.3 Å². The lowest BCUT2D eigenvalue weighted by molar-refractivity contribution is 0.626. The van der Waals surface area contributed by atoms with Gasteiger partial charge in [-0.3, -0.25) is 0 Å². The fourth-order valence-electron chi connectivity index (χ4n) is 1.62. The van der Waals surface area contributed by atoms with Crippen molar-refractivity contribution in [3.8, 4) is 6.07 Å². The van der Waals surface area contributed by atoms with Crippen molar-refractivity contribution in [3.63, 3.8) is 0 Å². The number of halogens is 3. The van der Waals surface area contributed by atoms with Gasteiger partial charge >= 0.3 is 0 Å². The van der Waals surface area contributed by atoms with Gasteiger partial charge in [0.25, 0.3) is 0 Å². The van der Waals surface area contributed by atoms with Crippen LogP contribution >= 0.6 is 27.5 Å². The van der Waals surface area contributed by atoms with E-state index in [4.69, 9.17) is 16.9 Å². The fourth-order valence-corrected chi connectivity index (χ4v) is 2.28. The molecule has 0 unspecified atom stereocenters. The number of hydrogen-bond donors (Lipinski definition) is 1. The second-order valence-electron chi connectivity index (χ2n) is 3.89. The summed E-state index contributed by atoms with van der Waals surface area (Å²) in [6, 6.07) is 11.6. The van der Waals surface area contributed by atoms with Gasteiger partial charge in [-0.1, -0.05) is 33.6 Å². The summed E-state index contributed by atoms with van der Waals surface area (Å²) in [7, 11) is 0. The maximum Gasteiger partial charge on any atom is 0.124 e. The third-order valence-corrected chi connectivity index (χ3v) is 3.56. The minimum Gasteiger partial charge on any atom is -0.380 e. The van der Waals surface area contributed by atoms with Crippen molar-refractivity contribution in [2.24, 2.45) is 0 Å². The van der Waals surface area contributed by atoms with E-state index in [1.165, 1.54) is 12.1 Å². The van der Waals surface area contributed by atoms with Gasteiger partial charge in [-0.25, -0.2) is 4.39 Å². The SMILES string of the molecule is N#Cc1ccc(Cl)cc1NCc1ccc(F)cc1Br. The molecule has 0 aliphatic carbocycles. The van der Waals surface area contributed by atoms with Gasteiger partial charge in [0.2, 0.25) is 0 Å². The third kappa shape index (κ3) is 3.46. The molecule has 0 aromatic heterocycles. The van der Waals surface area contributed by atoms with Crippen LogP contribution in [0.4, 0.5) is 10.1 Å². The molecule has 0 aliphatic heterocycles. The molecule has 0 saturated heterocycles. The highest BCUT2D eigenvalue weighted by Gasteiger charge is 2.05. The van der Waals surface area contributed by atoms with Crippen molar-refractivity contribution < 1.29 is 4.39 Å². The van der Waals surface area contributed by atoms with Crippen LogP contribution in [0.15, 0.2) is 40.9 Å². The maximum atomic E-state index is 13.0. The molecule has 2 rings (SSSR count). The van der Waals surface area contributed by atoms with Crippen LogP contribution < -0.4 is 5.32 Å². The summed E-state index contributed by atoms with van der Waals surface area (Å²) in [5.74, 6) is -0.295. The van der Waals surface area contributed by atoms with Crippen LogP contribution in [0.2, 0.25) is 5.02 Å². The van der Waals surface area contributed by atoms with Crippen LogP contribution in [-0.2, 0) is 6.54 Å².